The number of hydrogen-bond donors (Lipinski definition) is 2. The number of ether oxygens (including phenoxy) is 1. The molecule has 1 aromatic heterocycles. The Morgan fingerprint density at radius 1 is 1.42 bits per heavy atom. The number of nitrogens with zero attached hydrogens (tertiary/aromatic N) is 1. The van der Waals surface area contributed by atoms with Gasteiger partial charge in [0, 0.05) is 4.88 Å². The van der Waals surface area contributed by atoms with Crippen LogP contribution in [-0.2, 0) is 0 Å². The standard InChI is InChI=1S/C13H15N3O2S/c1-7-8(2)19-13(15-7)16-12(17)9-5-4-6-10(18-3)11(9)14/h4-6H,14H2,1-3H3,(H,15,16,17). The highest BCUT2D eigenvalue weighted by Gasteiger charge is 2.15. The van der Waals surface area contributed by atoms with Crippen LogP contribution >= 0.6 is 11.3 Å². The minimum Gasteiger partial charge on any atom is -0.495 e. The lowest BCUT2D eigenvalue weighted by atomic mass is 10.1. The fraction of sp³-hybridized carbons (Fsp3) is 0.231. The Morgan fingerprint density at radius 2 is 2.16 bits per heavy atom. The van der Waals surface area contributed by atoms with Crippen molar-refractivity contribution in [1.29, 1.82) is 0 Å². The maximum Gasteiger partial charge on any atom is 0.259 e. The van der Waals surface area contributed by atoms with Gasteiger partial charge in [-0.05, 0) is 26.0 Å². The summed E-state index contributed by atoms with van der Waals surface area (Å²) in [6.45, 7) is 3.87. The van der Waals surface area contributed by atoms with E-state index in [9.17, 15) is 4.79 Å². The van der Waals surface area contributed by atoms with E-state index < -0.39 is 0 Å². The Labute approximate surface area is 115 Å². The summed E-state index contributed by atoms with van der Waals surface area (Å²) < 4.78 is 5.09. The number of carbonyl (C=O) groups excluding carboxylic acids is 1. The Bertz CT molecular complexity index is 603. The lowest BCUT2D eigenvalue weighted by Gasteiger charge is -2.09. The quantitative estimate of drug-likeness (QED) is 0.845. The van der Waals surface area contributed by atoms with Crippen molar-refractivity contribution in [1.82, 2.24) is 4.98 Å². The lowest BCUT2D eigenvalue weighted by molar-refractivity contribution is 0.102. The van der Waals surface area contributed by atoms with Crippen molar-refractivity contribution in [3.8, 4) is 5.75 Å². The Balaban J connectivity index is 2.25. The van der Waals surface area contributed by atoms with Crippen LogP contribution in [-0.4, -0.2) is 18.0 Å². The van der Waals surface area contributed by atoms with E-state index in [0.29, 0.717) is 22.1 Å². The number of anilines is 2. The zero-order chi connectivity index (χ0) is 14.0. The summed E-state index contributed by atoms with van der Waals surface area (Å²) in [4.78, 5) is 17.5. The van der Waals surface area contributed by atoms with E-state index in [1.165, 1.54) is 18.4 Å². The van der Waals surface area contributed by atoms with E-state index >= 15 is 0 Å². The van der Waals surface area contributed by atoms with Gasteiger partial charge in [-0.25, -0.2) is 4.98 Å². The van der Waals surface area contributed by atoms with E-state index in [-0.39, 0.29) is 5.91 Å². The average Bonchev–Trinajstić information content (AvgIpc) is 2.68. The number of hydrogen-bond acceptors (Lipinski definition) is 5. The van der Waals surface area contributed by atoms with Gasteiger partial charge in [-0.3, -0.25) is 10.1 Å². The second kappa shape index (κ2) is 5.27. The highest BCUT2D eigenvalue weighted by Crippen LogP contribution is 2.27. The number of thiazole rings is 1. The van der Waals surface area contributed by atoms with Crippen LogP contribution in [0.3, 0.4) is 0 Å². The summed E-state index contributed by atoms with van der Waals surface area (Å²) in [5, 5.41) is 3.32. The van der Waals surface area contributed by atoms with Gasteiger partial charge < -0.3 is 10.5 Å². The third-order valence-corrected chi connectivity index (χ3v) is 3.77. The molecule has 2 aromatic rings. The van der Waals surface area contributed by atoms with Crippen molar-refractivity contribution in [2.45, 2.75) is 13.8 Å². The summed E-state index contributed by atoms with van der Waals surface area (Å²) in [5.74, 6) is 0.198. The summed E-state index contributed by atoms with van der Waals surface area (Å²) in [6.07, 6.45) is 0. The van der Waals surface area contributed by atoms with Crippen LogP contribution < -0.4 is 15.8 Å². The monoisotopic (exact) mass is 277 g/mol. The highest BCUT2D eigenvalue weighted by atomic mass is 32.1. The van der Waals surface area contributed by atoms with Gasteiger partial charge in [0.15, 0.2) is 5.13 Å². The minimum absolute atomic E-state index is 0.287. The number of nitrogens with two attached hydrogens (primary N) is 1. The first-order chi connectivity index (χ1) is 9.02. The molecule has 0 aliphatic rings. The molecule has 0 radical (unpaired) electrons. The fourth-order valence-corrected chi connectivity index (χ4v) is 2.42. The zero-order valence-electron chi connectivity index (χ0n) is 11.0. The van der Waals surface area contributed by atoms with E-state index in [0.717, 1.165) is 10.6 Å². The molecule has 1 aromatic carbocycles. The number of carbonyl (C=O) groups is 1. The number of rotatable bonds is 3. The predicted molar refractivity (Wildman–Crippen MR) is 76.9 cm³/mol. The molecule has 1 amide bonds. The van der Waals surface area contributed by atoms with Crippen molar-refractivity contribution >= 4 is 28.1 Å². The van der Waals surface area contributed by atoms with Crippen molar-refractivity contribution in [3.63, 3.8) is 0 Å². The van der Waals surface area contributed by atoms with Crippen LogP contribution in [0.25, 0.3) is 0 Å². The van der Waals surface area contributed by atoms with Gasteiger partial charge in [0.05, 0.1) is 24.1 Å². The van der Waals surface area contributed by atoms with Crippen molar-refractivity contribution in [2.24, 2.45) is 0 Å². The molecule has 19 heavy (non-hydrogen) atoms. The average molecular weight is 277 g/mol. The van der Waals surface area contributed by atoms with Crippen molar-refractivity contribution in [3.05, 3.63) is 34.3 Å². The van der Waals surface area contributed by atoms with Crippen LogP contribution in [0.2, 0.25) is 0 Å². The van der Waals surface area contributed by atoms with Crippen LogP contribution in [0.1, 0.15) is 20.9 Å². The second-order valence-electron chi connectivity index (χ2n) is 4.04. The summed E-state index contributed by atoms with van der Waals surface area (Å²) in [7, 11) is 1.51. The van der Waals surface area contributed by atoms with Crippen LogP contribution in [0.4, 0.5) is 10.8 Å². The van der Waals surface area contributed by atoms with Gasteiger partial charge in [0.2, 0.25) is 0 Å². The predicted octanol–water partition coefficient (Wildman–Crippen LogP) is 2.60. The SMILES string of the molecule is COc1cccc(C(=O)Nc2nc(C)c(C)s2)c1N. The molecule has 5 nitrogen and oxygen atoms in total. The minimum atomic E-state index is -0.287. The molecule has 6 heteroatoms. The number of benzene rings is 1. The molecule has 0 unspecified atom stereocenters. The first-order valence-corrected chi connectivity index (χ1v) is 6.52. The van der Waals surface area contributed by atoms with Gasteiger partial charge in [-0.15, -0.1) is 11.3 Å². The lowest BCUT2D eigenvalue weighted by Crippen LogP contribution is -2.14. The second-order valence-corrected chi connectivity index (χ2v) is 5.24. The molecule has 2 rings (SSSR count). The molecule has 0 spiro atoms. The van der Waals surface area contributed by atoms with Gasteiger partial charge in [0.1, 0.15) is 5.75 Å². The normalized spacial score (nSPS) is 10.3. The van der Waals surface area contributed by atoms with Crippen LogP contribution in [0, 0.1) is 13.8 Å². The number of aryl methyl sites for hydroxylation is 2. The number of para-hydroxylation sites is 1. The largest absolute Gasteiger partial charge is 0.495 e. The van der Waals surface area contributed by atoms with Crippen molar-refractivity contribution in [2.75, 3.05) is 18.2 Å². The molecule has 0 saturated carbocycles. The molecule has 0 atom stereocenters. The Morgan fingerprint density at radius 3 is 2.74 bits per heavy atom. The number of methoxy groups -OCH3 is 1. The number of nitrogen functional groups attached to an aromatic ring is 1. The highest BCUT2D eigenvalue weighted by molar-refractivity contribution is 7.15. The van der Waals surface area contributed by atoms with Crippen molar-refractivity contribution < 1.29 is 9.53 Å². The topological polar surface area (TPSA) is 77.2 Å². The zero-order valence-corrected chi connectivity index (χ0v) is 11.8. The van der Waals surface area contributed by atoms with E-state index in [1.807, 2.05) is 13.8 Å². The van der Waals surface area contributed by atoms with Crippen LogP contribution in [0.15, 0.2) is 18.2 Å². The van der Waals surface area contributed by atoms with E-state index in [4.69, 9.17) is 10.5 Å². The molecule has 0 aliphatic heterocycles. The maximum atomic E-state index is 12.1. The smallest absolute Gasteiger partial charge is 0.259 e. The summed E-state index contributed by atoms with van der Waals surface area (Å²) >= 11 is 1.44. The number of amides is 1. The number of nitrogens with one attached hydrogen (secondary N) is 1. The van der Waals surface area contributed by atoms with E-state index in [2.05, 4.69) is 10.3 Å². The van der Waals surface area contributed by atoms with Gasteiger partial charge in [0.25, 0.3) is 5.91 Å². The number of aromatic nitrogens is 1. The third kappa shape index (κ3) is 2.68. The first-order valence-electron chi connectivity index (χ1n) is 5.70. The van der Waals surface area contributed by atoms with Gasteiger partial charge in [-0.2, -0.15) is 0 Å². The first kappa shape index (κ1) is 13.4. The Hall–Kier alpha value is -2.08. The van der Waals surface area contributed by atoms with E-state index in [1.54, 1.807) is 18.2 Å². The van der Waals surface area contributed by atoms with Gasteiger partial charge >= 0.3 is 0 Å². The fourth-order valence-electron chi connectivity index (χ4n) is 1.61. The summed E-state index contributed by atoms with van der Waals surface area (Å²) in [6, 6.07) is 5.09. The molecule has 0 saturated heterocycles. The molecule has 0 aliphatic carbocycles. The molecule has 1 heterocycles. The molecule has 100 valence electrons. The summed E-state index contributed by atoms with van der Waals surface area (Å²) in [5.41, 5.74) is 7.50. The molecular weight excluding hydrogens is 262 g/mol. The maximum absolute atomic E-state index is 12.1. The third-order valence-electron chi connectivity index (χ3n) is 2.78. The molecule has 0 bridgehead atoms. The Kier molecular flexibility index (Phi) is 3.71. The molecule has 3 N–H and O–H groups in total. The molecular formula is C13H15N3O2S. The van der Waals surface area contributed by atoms with Crippen LogP contribution in [0.5, 0.6) is 5.75 Å². The van der Waals surface area contributed by atoms with Gasteiger partial charge in [-0.1, -0.05) is 6.07 Å². The molecule has 0 fully saturated rings.